The predicted molar refractivity (Wildman–Crippen MR) is 106 cm³/mol. The molecule has 136 valence electrons. The molecule has 2 heterocycles. The summed E-state index contributed by atoms with van der Waals surface area (Å²) < 4.78 is 12.0. The topological polar surface area (TPSA) is 46.6 Å². The third-order valence-electron chi connectivity index (χ3n) is 4.73. The molecule has 0 aliphatic carbocycles. The van der Waals surface area contributed by atoms with E-state index in [0.717, 1.165) is 49.2 Å². The largest absolute Gasteiger partial charge is 0.497 e. The minimum Gasteiger partial charge on any atom is -0.497 e. The molecule has 5 nitrogen and oxygen atoms in total. The van der Waals surface area contributed by atoms with Gasteiger partial charge in [-0.05, 0) is 29.8 Å². The van der Waals surface area contributed by atoms with Gasteiger partial charge in [0.15, 0.2) is 5.13 Å². The fourth-order valence-electron chi connectivity index (χ4n) is 3.30. The number of hydrogen-bond acceptors (Lipinski definition) is 6. The van der Waals surface area contributed by atoms with Crippen LogP contribution in [0.1, 0.15) is 11.6 Å². The molecule has 1 aromatic heterocycles. The van der Waals surface area contributed by atoms with E-state index in [1.165, 1.54) is 10.3 Å². The van der Waals surface area contributed by atoms with Crippen LogP contribution in [0.2, 0.25) is 0 Å². The fourth-order valence-corrected chi connectivity index (χ4v) is 4.18. The van der Waals surface area contributed by atoms with E-state index in [0.29, 0.717) is 0 Å². The van der Waals surface area contributed by atoms with E-state index in [1.54, 1.807) is 18.4 Å². The molecule has 2 aromatic carbocycles. The van der Waals surface area contributed by atoms with Crippen LogP contribution in [0, 0.1) is 0 Å². The zero-order valence-corrected chi connectivity index (χ0v) is 15.7. The molecule has 3 aromatic rings. The highest BCUT2D eigenvalue weighted by molar-refractivity contribution is 7.22. The number of nitrogens with zero attached hydrogens (tertiary/aromatic N) is 2. The summed E-state index contributed by atoms with van der Waals surface area (Å²) in [4.78, 5) is 7.17. The van der Waals surface area contributed by atoms with E-state index in [4.69, 9.17) is 14.5 Å². The van der Waals surface area contributed by atoms with Crippen molar-refractivity contribution in [2.45, 2.75) is 6.04 Å². The third-order valence-corrected chi connectivity index (χ3v) is 5.72. The highest BCUT2D eigenvalue weighted by Gasteiger charge is 2.23. The SMILES string of the molecule is COc1ccc(C(CNc2nc3ccccc3s2)N2CCOCC2)cc1. The van der Waals surface area contributed by atoms with Crippen molar-refractivity contribution in [1.82, 2.24) is 9.88 Å². The average molecular weight is 369 g/mol. The molecule has 1 atom stereocenters. The summed E-state index contributed by atoms with van der Waals surface area (Å²) in [5, 5.41) is 4.52. The van der Waals surface area contributed by atoms with E-state index in [1.807, 2.05) is 18.2 Å². The predicted octanol–water partition coefficient (Wildman–Crippen LogP) is 3.79. The Morgan fingerprint density at radius 3 is 2.65 bits per heavy atom. The maximum atomic E-state index is 5.53. The zero-order chi connectivity index (χ0) is 17.8. The number of methoxy groups -OCH3 is 1. The Bertz CT molecular complexity index is 811. The lowest BCUT2D eigenvalue weighted by Gasteiger charge is -2.35. The molecule has 0 amide bonds. The Morgan fingerprint density at radius 1 is 1.15 bits per heavy atom. The first-order valence-electron chi connectivity index (χ1n) is 8.89. The highest BCUT2D eigenvalue weighted by Crippen LogP contribution is 2.28. The van der Waals surface area contributed by atoms with Crippen molar-refractivity contribution < 1.29 is 9.47 Å². The van der Waals surface area contributed by atoms with Gasteiger partial charge in [-0.15, -0.1) is 0 Å². The number of anilines is 1. The summed E-state index contributed by atoms with van der Waals surface area (Å²) in [6.45, 7) is 4.27. The molecule has 4 rings (SSSR count). The maximum absolute atomic E-state index is 5.53. The number of rotatable bonds is 6. The number of morpholine rings is 1. The van der Waals surface area contributed by atoms with Gasteiger partial charge in [0, 0.05) is 19.6 Å². The standard InChI is InChI=1S/C20H23N3O2S/c1-24-16-8-6-15(7-9-16)18(23-10-12-25-13-11-23)14-21-20-22-17-4-2-3-5-19(17)26-20/h2-9,18H,10-14H2,1H3,(H,21,22). The molecule has 1 aliphatic heterocycles. The van der Waals surface area contributed by atoms with Crippen LogP contribution in [-0.2, 0) is 4.74 Å². The molecule has 1 N–H and O–H groups in total. The van der Waals surface area contributed by atoms with E-state index in [2.05, 4.69) is 40.5 Å². The molecule has 26 heavy (non-hydrogen) atoms. The molecule has 1 fully saturated rings. The quantitative estimate of drug-likeness (QED) is 0.716. The van der Waals surface area contributed by atoms with Gasteiger partial charge in [0.1, 0.15) is 5.75 Å². The second-order valence-corrected chi connectivity index (χ2v) is 7.34. The number of nitrogens with one attached hydrogen (secondary N) is 1. The van der Waals surface area contributed by atoms with Gasteiger partial charge < -0.3 is 14.8 Å². The Morgan fingerprint density at radius 2 is 1.92 bits per heavy atom. The van der Waals surface area contributed by atoms with E-state index < -0.39 is 0 Å². The van der Waals surface area contributed by atoms with Gasteiger partial charge in [0.2, 0.25) is 0 Å². The summed E-state index contributed by atoms with van der Waals surface area (Å²) in [6.07, 6.45) is 0. The van der Waals surface area contributed by atoms with Crippen LogP contribution in [-0.4, -0.2) is 49.8 Å². The van der Waals surface area contributed by atoms with Crippen molar-refractivity contribution in [3.63, 3.8) is 0 Å². The molecule has 0 spiro atoms. The number of ether oxygens (including phenoxy) is 2. The lowest BCUT2D eigenvalue weighted by atomic mass is 10.0. The van der Waals surface area contributed by atoms with E-state index in [9.17, 15) is 0 Å². The van der Waals surface area contributed by atoms with Crippen LogP contribution in [0.4, 0.5) is 5.13 Å². The maximum Gasteiger partial charge on any atom is 0.183 e. The third kappa shape index (κ3) is 3.82. The summed E-state index contributed by atoms with van der Waals surface area (Å²) in [6, 6.07) is 16.9. The van der Waals surface area contributed by atoms with Gasteiger partial charge in [-0.25, -0.2) is 4.98 Å². The Kier molecular flexibility index (Phi) is 5.34. The Hall–Kier alpha value is -2.15. The van der Waals surface area contributed by atoms with Crippen LogP contribution in [0.3, 0.4) is 0 Å². The van der Waals surface area contributed by atoms with Gasteiger partial charge in [-0.3, -0.25) is 4.90 Å². The Balaban J connectivity index is 1.53. The number of fused-ring (bicyclic) bond motifs is 1. The molecule has 0 radical (unpaired) electrons. The average Bonchev–Trinajstić information content (AvgIpc) is 3.12. The first kappa shape index (κ1) is 17.3. The van der Waals surface area contributed by atoms with Crippen LogP contribution in [0.5, 0.6) is 5.75 Å². The number of hydrogen-bond donors (Lipinski definition) is 1. The van der Waals surface area contributed by atoms with Crippen molar-refractivity contribution >= 4 is 26.7 Å². The molecular weight excluding hydrogens is 346 g/mol. The molecule has 0 saturated carbocycles. The normalized spacial score (nSPS) is 16.5. The monoisotopic (exact) mass is 369 g/mol. The molecule has 1 saturated heterocycles. The van der Waals surface area contributed by atoms with Crippen LogP contribution in [0.15, 0.2) is 48.5 Å². The second-order valence-electron chi connectivity index (χ2n) is 6.30. The van der Waals surface area contributed by atoms with Crippen molar-refractivity contribution in [2.24, 2.45) is 0 Å². The molecular formula is C20H23N3O2S. The van der Waals surface area contributed by atoms with Crippen LogP contribution in [0.25, 0.3) is 10.2 Å². The highest BCUT2D eigenvalue weighted by atomic mass is 32.1. The van der Waals surface area contributed by atoms with Gasteiger partial charge >= 0.3 is 0 Å². The number of para-hydroxylation sites is 1. The van der Waals surface area contributed by atoms with Crippen molar-refractivity contribution in [2.75, 3.05) is 45.3 Å². The van der Waals surface area contributed by atoms with Crippen LogP contribution >= 0.6 is 11.3 Å². The second kappa shape index (κ2) is 8.03. The van der Waals surface area contributed by atoms with Crippen molar-refractivity contribution in [3.05, 3.63) is 54.1 Å². The van der Waals surface area contributed by atoms with E-state index >= 15 is 0 Å². The molecule has 1 aliphatic rings. The van der Waals surface area contributed by atoms with Gasteiger partial charge in [-0.1, -0.05) is 35.6 Å². The van der Waals surface area contributed by atoms with Crippen LogP contribution < -0.4 is 10.1 Å². The summed E-state index contributed by atoms with van der Waals surface area (Å²) in [5.74, 6) is 0.883. The molecule has 6 heteroatoms. The summed E-state index contributed by atoms with van der Waals surface area (Å²) in [5.41, 5.74) is 2.33. The number of benzene rings is 2. The van der Waals surface area contributed by atoms with Gasteiger partial charge in [0.05, 0.1) is 36.6 Å². The fraction of sp³-hybridized carbons (Fsp3) is 0.350. The minimum atomic E-state index is 0.275. The van der Waals surface area contributed by atoms with Gasteiger partial charge in [0.25, 0.3) is 0 Å². The summed E-state index contributed by atoms with van der Waals surface area (Å²) >= 11 is 1.70. The van der Waals surface area contributed by atoms with Crippen molar-refractivity contribution in [1.29, 1.82) is 0 Å². The van der Waals surface area contributed by atoms with E-state index in [-0.39, 0.29) is 6.04 Å². The Labute approximate surface area is 157 Å². The number of aromatic nitrogens is 1. The zero-order valence-electron chi connectivity index (χ0n) is 14.9. The lowest BCUT2D eigenvalue weighted by molar-refractivity contribution is 0.0187. The lowest BCUT2D eigenvalue weighted by Crippen LogP contribution is -2.41. The van der Waals surface area contributed by atoms with Crippen molar-refractivity contribution in [3.8, 4) is 5.75 Å². The minimum absolute atomic E-state index is 0.275. The van der Waals surface area contributed by atoms with Gasteiger partial charge in [-0.2, -0.15) is 0 Å². The smallest absolute Gasteiger partial charge is 0.183 e. The molecule has 0 bridgehead atoms. The number of thiazole rings is 1. The molecule has 1 unspecified atom stereocenters. The first-order valence-corrected chi connectivity index (χ1v) is 9.70. The first-order chi connectivity index (χ1) is 12.8. The summed E-state index contributed by atoms with van der Waals surface area (Å²) in [7, 11) is 1.70.